The van der Waals surface area contributed by atoms with Crippen LogP contribution < -0.4 is 4.74 Å². The number of phenolic OH excluding ortho intramolecular Hbond substituents is 1. The number of hydrogen-bond donors (Lipinski definition) is 1. The zero-order chi connectivity index (χ0) is 14.5. The van der Waals surface area contributed by atoms with Crippen molar-refractivity contribution in [3.8, 4) is 11.5 Å². The molecule has 0 aliphatic heterocycles. The van der Waals surface area contributed by atoms with Gasteiger partial charge in [-0.3, -0.25) is 0 Å². The molecule has 4 nitrogen and oxygen atoms in total. The minimum absolute atomic E-state index is 0.119. The van der Waals surface area contributed by atoms with Crippen LogP contribution in [0.4, 0.5) is 0 Å². The summed E-state index contributed by atoms with van der Waals surface area (Å²) in [5, 5.41) is 9.80. The molecule has 1 N–H and O–H groups in total. The Labute approximate surface area is 117 Å². The number of carbonyl (C=O) groups excluding carboxylic acids is 1. The highest BCUT2D eigenvalue weighted by Gasteiger charge is 2.17. The van der Waals surface area contributed by atoms with Crippen molar-refractivity contribution in [3.05, 3.63) is 59.7 Å². The van der Waals surface area contributed by atoms with E-state index in [0.717, 1.165) is 5.56 Å². The number of aromatic hydroxyl groups is 1. The molecular weight excluding hydrogens is 256 g/mol. The second kappa shape index (κ2) is 6.10. The van der Waals surface area contributed by atoms with E-state index in [-0.39, 0.29) is 17.4 Å². The highest BCUT2D eigenvalue weighted by atomic mass is 16.5. The lowest BCUT2D eigenvalue weighted by molar-refractivity contribution is 0.0334. The minimum Gasteiger partial charge on any atom is -0.507 e. The normalized spacial score (nSPS) is 11.7. The van der Waals surface area contributed by atoms with Gasteiger partial charge >= 0.3 is 5.97 Å². The van der Waals surface area contributed by atoms with Crippen LogP contribution in [-0.2, 0) is 4.74 Å². The SMILES string of the molecule is COc1ccc(C(=O)O[C@@H](C)c2ccccc2)c(O)c1. The number of hydrogen-bond acceptors (Lipinski definition) is 4. The Morgan fingerprint density at radius 3 is 2.45 bits per heavy atom. The fraction of sp³-hybridized carbons (Fsp3) is 0.188. The average Bonchev–Trinajstić information content (AvgIpc) is 2.47. The summed E-state index contributed by atoms with van der Waals surface area (Å²) < 4.78 is 10.3. The third kappa shape index (κ3) is 3.09. The highest BCUT2D eigenvalue weighted by molar-refractivity contribution is 5.92. The van der Waals surface area contributed by atoms with Crippen molar-refractivity contribution < 1.29 is 19.4 Å². The predicted octanol–water partition coefficient (Wildman–Crippen LogP) is 3.32. The summed E-state index contributed by atoms with van der Waals surface area (Å²) >= 11 is 0. The second-order valence-corrected chi connectivity index (χ2v) is 4.34. The van der Waals surface area contributed by atoms with Crippen LogP contribution in [0.5, 0.6) is 11.5 Å². The van der Waals surface area contributed by atoms with Crippen LogP contribution in [0.1, 0.15) is 28.9 Å². The van der Waals surface area contributed by atoms with Gasteiger partial charge in [-0.1, -0.05) is 30.3 Å². The van der Waals surface area contributed by atoms with Gasteiger partial charge in [0, 0.05) is 6.07 Å². The van der Waals surface area contributed by atoms with Crippen molar-refractivity contribution in [1.29, 1.82) is 0 Å². The van der Waals surface area contributed by atoms with Crippen LogP contribution in [0.15, 0.2) is 48.5 Å². The van der Waals surface area contributed by atoms with E-state index in [2.05, 4.69) is 0 Å². The van der Waals surface area contributed by atoms with Crippen molar-refractivity contribution in [2.75, 3.05) is 7.11 Å². The summed E-state index contributed by atoms with van der Waals surface area (Å²) in [7, 11) is 1.49. The molecule has 104 valence electrons. The monoisotopic (exact) mass is 272 g/mol. The Kier molecular flexibility index (Phi) is 4.25. The maximum Gasteiger partial charge on any atom is 0.342 e. The van der Waals surface area contributed by atoms with Crippen LogP contribution in [0.2, 0.25) is 0 Å². The number of ether oxygens (including phenoxy) is 2. The zero-order valence-electron chi connectivity index (χ0n) is 11.4. The second-order valence-electron chi connectivity index (χ2n) is 4.34. The Morgan fingerprint density at radius 2 is 1.85 bits per heavy atom. The molecule has 0 bridgehead atoms. The molecule has 0 aromatic heterocycles. The molecule has 0 unspecified atom stereocenters. The van der Waals surface area contributed by atoms with Gasteiger partial charge in [0.2, 0.25) is 0 Å². The van der Waals surface area contributed by atoms with E-state index in [1.54, 1.807) is 13.0 Å². The average molecular weight is 272 g/mol. The Bertz CT molecular complexity index is 593. The van der Waals surface area contributed by atoms with Gasteiger partial charge in [-0.15, -0.1) is 0 Å². The summed E-state index contributed by atoms with van der Waals surface area (Å²) in [5.74, 6) is -0.244. The molecule has 2 rings (SSSR count). The van der Waals surface area contributed by atoms with E-state index >= 15 is 0 Å². The number of rotatable bonds is 4. The molecule has 0 aliphatic carbocycles. The van der Waals surface area contributed by atoms with Crippen LogP contribution >= 0.6 is 0 Å². The molecule has 20 heavy (non-hydrogen) atoms. The summed E-state index contributed by atoms with van der Waals surface area (Å²) in [4.78, 5) is 12.0. The molecule has 4 heteroatoms. The van der Waals surface area contributed by atoms with Crippen molar-refractivity contribution in [1.82, 2.24) is 0 Å². The lowest BCUT2D eigenvalue weighted by atomic mass is 10.1. The summed E-state index contributed by atoms with van der Waals surface area (Å²) in [6.07, 6.45) is -0.384. The van der Waals surface area contributed by atoms with Crippen LogP contribution in [0, 0.1) is 0 Å². The lowest BCUT2D eigenvalue weighted by Crippen LogP contribution is -2.09. The molecule has 2 aromatic rings. The van der Waals surface area contributed by atoms with Gasteiger partial charge < -0.3 is 14.6 Å². The number of phenols is 1. The maximum absolute atomic E-state index is 12.0. The lowest BCUT2D eigenvalue weighted by Gasteiger charge is -2.14. The molecule has 0 fully saturated rings. The number of methoxy groups -OCH3 is 1. The van der Waals surface area contributed by atoms with Crippen molar-refractivity contribution in [2.45, 2.75) is 13.0 Å². The molecule has 0 heterocycles. The molecule has 0 amide bonds. The Morgan fingerprint density at radius 1 is 1.15 bits per heavy atom. The molecule has 2 aromatic carbocycles. The first-order valence-electron chi connectivity index (χ1n) is 6.24. The topological polar surface area (TPSA) is 55.8 Å². The van der Waals surface area contributed by atoms with Gasteiger partial charge in [0.15, 0.2) is 0 Å². The zero-order valence-corrected chi connectivity index (χ0v) is 11.4. The van der Waals surface area contributed by atoms with Gasteiger partial charge in [0.25, 0.3) is 0 Å². The maximum atomic E-state index is 12.0. The fourth-order valence-electron chi connectivity index (χ4n) is 1.83. The van der Waals surface area contributed by atoms with Crippen molar-refractivity contribution in [3.63, 3.8) is 0 Å². The van der Waals surface area contributed by atoms with Gasteiger partial charge in [-0.25, -0.2) is 4.79 Å². The van der Waals surface area contributed by atoms with Crippen molar-refractivity contribution in [2.24, 2.45) is 0 Å². The van der Waals surface area contributed by atoms with Gasteiger partial charge in [0.1, 0.15) is 23.2 Å². The van der Waals surface area contributed by atoms with Crippen LogP contribution in [0.3, 0.4) is 0 Å². The minimum atomic E-state index is -0.568. The van der Waals surface area contributed by atoms with Crippen LogP contribution in [0.25, 0.3) is 0 Å². The summed E-state index contributed by atoms with van der Waals surface area (Å²) in [6, 6.07) is 13.9. The molecule has 0 saturated carbocycles. The standard InChI is InChI=1S/C16H16O4/c1-11(12-6-4-3-5-7-12)20-16(18)14-9-8-13(19-2)10-15(14)17/h3-11,17H,1-2H3/t11-/m0/s1. The molecule has 0 saturated heterocycles. The predicted molar refractivity (Wildman–Crippen MR) is 74.9 cm³/mol. The summed E-state index contributed by atoms with van der Waals surface area (Å²) in [6.45, 7) is 1.79. The van der Waals surface area contributed by atoms with E-state index in [1.165, 1.54) is 19.2 Å². The van der Waals surface area contributed by atoms with E-state index in [4.69, 9.17) is 9.47 Å². The quantitative estimate of drug-likeness (QED) is 0.867. The fourth-order valence-corrected chi connectivity index (χ4v) is 1.83. The summed E-state index contributed by atoms with van der Waals surface area (Å²) in [5.41, 5.74) is 1.02. The molecule has 0 aliphatic rings. The van der Waals surface area contributed by atoms with Crippen LogP contribution in [-0.4, -0.2) is 18.2 Å². The van der Waals surface area contributed by atoms with E-state index in [0.29, 0.717) is 5.75 Å². The molecule has 0 radical (unpaired) electrons. The molecule has 1 atom stereocenters. The van der Waals surface area contributed by atoms with Crippen molar-refractivity contribution >= 4 is 5.97 Å². The Balaban J connectivity index is 2.12. The van der Waals surface area contributed by atoms with Gasteiger partial charge in [-0.05, 0) is 24.6 Å². The first-order chi connectivity index (χ1) is 9.61. The van der Waals surface area contributed by atoms with E-state index in [9.17, 15) is 9.90 Å². The first-order valence-corrected chi connectivity index (χ1v) is 6.24. The van der Waals surface area contributed by atoms with E-state index in [1.807, 2.05) is 30.3 Å². The Hall–Kier alpha value is -2.49. The van der Waals surface area contributed by atoms with Gasteiger partial charge in [-0.2, -0.15) is 0 Å². The van der Waals surface area contributed by atoms with Gasteiger partial charge in [0.05, 0.1) is 7.11 Å². The van der Waals surface area contributed by atoms with E-state index < -0.39 is 5.97 Å². The third-order valence-electron chi connectivity index (χ3n) is 2.98. The molecule has 0 spiro atoms. The largest absolute Gasteiger partial charge is 0.507 e. The number of esters is 1. The number of carbonyl (C=O) groups is 1. The molecular formula is C16H16O4. The smallest absolute Gasteiger partial charge is 0.342 e. The third-order valence-corrected chi connectivity index (χ3v) is 2.98. The first kappa shape index (κ1) is 13.9. The number of benzene rings is 2. The highest BCUT2D eigenvalue weighted by Crippen LogP contribution is 2.26.